The summed E-state index contributed by atoms with van der Waals surface area (Å²) in [7, 11) is 0. The average molecular weight is 427 g/mol. The zero-order chi connectivity index (χ0) is 21.3. The number of aromatic nitrogens is 2. The molecule has 0 atom stereocenters. The first-order valence-corrected chi connectivity index (χ1v) is 11.0. The van der Waals surface area contributed by atoms with Crippen LogP contribution in [0.5, 0.6) is 0 Å². The molecule has 0 unspecified atom stereocenters. The van der Waals surface area contributed by atoms with Crippen LogP contribution in [-0.2, 0) is 0 Å². The largest absolute Gasteiger partial charge is 0.360 e. The van der Waals surface area contributed by atoms with E-state index in [-0.39, 0.29) is 17.7 Å². The van der Waals surface area contributed by atoms with E-state index in [2.05, 4.69) is 15.4 Å². The Morgan fingerprint density at radius 3 is 2.63 bits per heavy atom. The van der Waals surface area contributed by atoms with E-state index in [1.54, 1.807) is 0 Å². The summed E-state index contributed by atoms with van der Waals surface area (Å²) in [6.45, 7) is 7.73. The third-order valence-electron chi connectivity index (χ3n) is 5.61. The van der Waals surface area contributed by atoms with Gasteiger partial charge in [0.05, 0.1) is 11.4 Å². The maximum absolute atomic E-state index is 13.0. The maximum Gasteiger partial charge on any atom is 0.261 e. The van der Waals surface area contributed by atoms with Crippen LogP contribution in [0, 0.1) is 20.8 Å². The zero-order valence-electron chi connectivity index (χ0n) is 17.5. The molecule has 7 nitrogen and oxygen atoms in total. The fraction of sp³-hybridized carbons (Fsp3) is 0.409. The number of nitrogens with zero attached hydrogens (tertiary/aromatic N) is 3. The predicted molar refractivity (Wildman–Crippen MR) is 116 cm³/mol. The number of nitrogens with one attached hydrogen (secondary N) is 1. The normalized spacial score (nSPS) is 15.4. The molecule has 3 aromatic heterocycles. The van der Waals surface area contributed by atoms with E-state index in [9.17, 15) is 9.59 Å². The van der Waals surface area contributed by atoms with Crippen LogP contribution in [0.15, 0.2) is 34.2 Å². The van der Waals surface area contributed by atoms with Crippen molar-refractivity contribution in [3.63, 3.8) is 0 Å². The van der Waals surface area contributed by atoms with Crippen LogP contribution in [0.2, 0.25) is 0 Å². The van der Waals surface area contributed by atoms with Crippen molar-refractivity contribution in [1.29, 1.82) is 0 Å². The number of carbonyl (C=O) groups is 2. The zero-order valence-corrected chi connectivity index (χ0v) is 18.3. The van der Waals surface area contributed by atoms with Gasteiger partial charge >= 0.3 is 0 Å². The van der Waals surface area contributed by atoms with Crippen LogP contribution in [-0.4, -0.2) is 52.0 Å². The van der Waals surface area contributed by atoms with Gasteiger partial charge in [-0.25, -0.2) is 0 Å². The molecule has 0 saturated carbocycles. The molecule has 1 fully saturated rings. The minimum atomic E-state index is -0.00457. The molecule has 30 heavy (non-hydrogen) atoms. The average Bonchev–Trinajstić information content (AvgIpc) is 3.44. The smallest absolute Gasteiger partial charge is 0.261 e. The second-order valence-corrected chi connectivity index (χ2v) is 8.79. The molecule has 0 spiro atoms. The molecule has 4 rings (SSSR count). The van der Waals surface area contributed by atoms with Crippen molar-refractivity contribution in [2.24, 2.45) is 0 Å². The standard InChI is InChI=1S/C22H26N4O3S/c1-14-11-18(16(3)26(14)21-12-15(2)29-24-21)19(27)13-25-8-6-17(7-9-25)23-22(28)20-5-4-10-30-20/h4-5,10-12,17H,6-9,13H2,1-3H3,(H,23,28). The molecular weight excluding hydrogens is 400 g/mol. The molecule has 0 radical (unpaired) electrons. The Balaban J connectivity index is 1.35. The van der Waals surface area contributed by atoms with Crippen LogP contribution in [0.3, 0.4) is 0 Å². The number of likely N-dealkylation sites (tertiary alicyclic amines) is 1. The van der Waals surface area contributed by atoms with Gasteiger partial charge in [0, 0.05) is 42.1 Å². The summed E-state index contributed by atoms with van der Waals surface area (Å²) in [6.07, 6.45) is 1.70. The first-order chi connectivity index (χ1) is 14.4. The summed E-state index contributed by atoms with van der Waals surface area (Å²) in [5.41, 5.74) is 2.56. The van der Waals surface area contributed by atoms with Gasteiger partial charge in [-0.2, -0.15) is 0 Å². The lowest BCUT2D eigenvalue weighted by atomic mass is 10.0. The van der Waals surface area contributed by atoms with E-state index in [0.29, 0.717) is 12.4 Å². The van der Waals surface area contributed by atoms with Crippen molar-refractivity contribution in [1.82, 2.24) is 19.9 Å². The highest BCUT2D eigenvalue weighted by atomic mass is 32.1. The van der Waals surface area contributed by atoms with Crippen molar-refractivity contribution < 1.29 is 14.1 Å². The quantitative estimate of drug-likeness (QED) is 0.610. The van der Waals surface area contributed by atoms with Gasteiger partial charge < -0.3 is 9.84 Å². The number of piperidine rings is 1. The van der Waals surface area contributed by atoms with E-state index in [1.807, 2.05) is 55.0 Å². The number of hydrogen-bond donors (Lipinski definition) is 1. The second kappa shape index (κ2) is 8.57. The number of hydrogen-bond acceptors (Lipinski definition) is 6. The van der Waals surface area contributed by atoms with Gasteiger partial charge in [-0.15, -0.1) is 11.3 Å². The molecule has 0 aromatic carbocycles. The van der Waals surface area contributed by atoms with Gasteiger partial charge in [0.25, 0.3) is 5.91 Å². The minimum Gasteiger partial charge on any atom is -0.360 e. The lowest BCUT2D eigenvalue weighted by Gasteiger charge is -2.31. The lowest BCUT2D eigenvalue weighted by molar-refractivity contribution is 0.0860. The fourth-order valence-corrected chi connectivity index (χ4v) is 4.67. The van der Waals surface area contributed by atoms with Crippen molar-refractivity contribution in [2.75, 3.05) is 19.6 Å². The first-order valence-electron chi connectivity index (χ1n) is 10.1. The van der Waals surface area contributed by atoms with E-state index in [0.717, 1.165) is 53.5 Å². The molecule has 1 N–H and O–H groups in total. The Labute approximate surface area is 179 Å². The summed E-state index contributed by atoms with van der Waals surface area (Å²) in [5, 5.41) is 9.09. The third kappa shape index (κ3) is 4.24. The number of aryl methyl sites for hydroxylation is 2. The van der Waals surface area contributed by atoms with Gasteiger partial charge in [0.15, 0.2) is 11.6 Å². The molecule has 0 aliphatic carbocycles. The highest BCUT2D eigenvalue weighted by molar-refractivity contribution is 7.12. The summed E-state index contributed by atoms with van der Waals surface area (Å²) in [4.78, 5) is 28.1. The molecule has 1 saturated heterocycles. The number of ketones is 1. The van der Waals surface area contributed by atoms with Gasteiger partial charge in [-0.05, 0) is 51.1 Å². The monoisotopic (exact) mass is 426 g/mol. The molecule has 158 valence electrons. The topological polar surface area (TPSA) is 80.4 Å². The molecule has 1 aliphatic rings. The van der Waals surface area contributed by atoms with Crippen molar-refractivity contribution in [3.05, 3.63) is 57.2 Å². The highest BCUT2D eigenvalue weighted by Gasteiger charge is 2.25. The third-order valence-corrected chi connectivity index (χ3v) is 6.48. The summed E-state index contributed by atoms with van der Waals surface area (Å²) >= 11 is 1.45. The van der Waals surface area contributed by atoms with Crippen molar-refractivity contribution in [2.45, 2.75) is 39.7 Å². The van der Waals surface area contributed by atoms with Gasteiger partial charge in [-0.3, -0.25) is 19.1 Å². The van der Waals surface area contributed by atoms with Crippen LogP contribution < -0.4 is 5.32 Å². The predicted octanol–water partition coefficient (Wildman–Crippen LogP) is 3.53. The second-order valence-electron chi connectivity index (χ2n) is 7.84. The molecule has 4 heterocycles. The lowest BCUT2D eigenvalue weighted by Crippen LogP contribution is -2.45. The number of thiophene rings is 1. The Hall–Kier alpha value is -2.71. The van der Waals surface area contributed by atoms with E-state index >= 15 is 0 Å². The first kappa shape index (κ1) is 20.6. The van der Waals surface area contributed by atoms with Gasteiger partial charge in [0.2, 0.25) is 0 Å². The van der Waals surface area contributed by atoms with E-state index in [4.69, 9.17) is 4.52 Å². The van der Waals surface area contributed by atoms with E-state index < -0.39 is 0 Å². The number of Topliss-reactive ketones (excluding diaryl/α,β-unsaturated/α-hetero) is 1. The number of amides is 1. The minimum absolute atomic E-state index is 0.00457. The summed E-state index contributed by atoms with van der Waals surface area (Å²) in [5.74, 6) is 1.54. The van der Waals surface area contributed by atoms with Gasteiger partial charge in [0.1, 0.15) is 5.76 Å². The van der Waals surface area contributed by atoms with Crippen LogP contribution in [0.1, 0.15) is 50.0 Å². The summed E-state index contributed by atoms with van der Waals surface area (Å²) in [6, 6.07) is 7.67. The highest BCUT2D eigenvalue weighted by Crippen LogP contribution is 2.22. The van der Waals surface area contributed by atoms with Gasteiger partial charge in [-0.1, -0.05) is 11.2 Å². The number of rotatable bonds is 6. The van der Waals surface area contributed by atoms with Crippen LogP contribution in [0.4, 0.5) is 0 Å². The number of carbonyl (C=O) groups excluding carboxylic acids is 2. The molecule has 3 aromatic rings. The summed E-state index contributed by atoms with van der Waals surface area (Å²) < 4.78 is 7.14. The molecule has 8 heteroatoms. The maximum atomic E-state index is 13.0. The Kier molecular flexibility index (Phi) is 5.87. The fourth-order valence-electron chi connectivity index (χ4n) is 4.04. The van der Waals surface area contributed by atoms with Crippen LogP contribution in [0.25, 0.3) is 5.82 Å². The SMILES string of the molecule is Cc1cc(-n2c(C)cc(C(=O)CN3CCC(NC(=O)c4cccs4)CC3)c2C)no1. The molecule has 0 bridgehead atoms. The van der Waals surface area contributed by atoms with Crippen molar-refractivity contribution in [3.8, 4) is 5.82 Å². The molecule has 1 amide bonds. The van der Waals surface area contributed by atoms with E-state index in [1.165, 1.54) is 11.3 Å². The Morgan fingerprint density at radius 1 is 1.23 bits per heavy atom. The Bertz CT molecular complexity index is 1040. The van der Waals surface area contributed by atoms with Crippen molar-refractivity contribution >= 4 is 23.0 Å². The molecular formula is C22H26N4O3S. The molecule has 1 aliphatic heterocycles. The van der Waals surface area contributed by atoms with Crippen LogP contribution >= 0.6 is 11.3 Å². The Morgan fingerprint density at radius 2 is 2.00 bits per heavy atom.